The maximum Gasteiger partial charge on any atom is 0.317 e. The lowest BCUT2D eigenvalue weighted by molar-refractivity contribution is 0.0997. The van der Waals surface area contributed by atoms with E-state index in [-0.39, 0.29) is 20.5 Å². The summed E-state index contributed by atoms with van der Waals surface area (Å²) in [5.74, 6) is -1.27. The normalized spacial score (nSPS) is 10.3. The highest BCUT2D eigenvalue weighted by atomic mass is 35.5. The zero-order valence-electron chi connectivity index (χ0n) is 10.6. The van der Waals surface area contributed by atoms with Gasteiger partial charge in [-0.15, -0.1) is 11.3 Å². The summed E-state index contributed by atoms with van der Waals surface area (Å²) in [5, 5.41) is 5.24. The number of urea groups is 1. The molecule has 0 aliphatic heterocycles. The van der Waals surface area contributed by atoms with Crippen molar-refractivity contribution in [1.29, 1.82) is 0 Å². The number of hydrogen-bond donors (Lipinski definition) is 4. The highest BCUT2D eigenvalue weighted by Gasteiger charge is 2.19. The fourth-order valence-electron chi connectivity index (χ4n) is 1.51. The van der Waals surface area contributed by atoms with Crippen molar-refractivity contribution in [3.8, 4) is 0 Å². The average molecular weight is 379 g/mol. The van der Waals surface area contributed by atoms with Crippen LogP contribution in [0.25, 0.3) is 0 Å². The molecule has 4 amide bonds. The van der Waals surface area contributed by atoms with E-state index >= 15 is 0 Å². The van der Waals surface area contributed by atoms with Gasteiger partial charge in [-0.3, -0.25) is 14.9 Å². The van der Waals surface area contributed by atoms with Crippen LogP contribution in [0.15, 0.2) is 12.1 Å². The summed E-state index contributed by atoms with van der Waals surface area (Å²) >= 11 is 13.7. The first-order valence-corrected chi connectivity index (χ1v) is 7.93. The number of carbonyl (C=O) groups is 3. The Bertz CT molecular complexity index is 771. The number of anilines is 2. The largest absolute Gasteiger partial charge is 0.366 e. The van der Waals surface area contributed by atoms with Crippen molar-refractivity contribution in [3.05, 3.63) is 31.9 Å². The van der Waals surface area contributed by atoms with Crippen LogP contribution in [0.2, 0.25) is 8.67 Å². The van der Waals surface area contributed by atoms with Crippen molar-refractivity contribution in [2.24, 2.45) is 11.5 Å². The van der Waals surface area contributed by atoms with E-state index in [2.05, 4.69) is 10.6 Å². The molecule has 0 fully saturated rings. The summed E-state index contributed by atoms with van der Waals surface area (Å²) in [6.07, 6.45) is 0. The van der Waals surface area contributed by atoms with Crippen LogP contribution < -0.4 is 22.1 Å². The maximum atomic E-state index is 12.1. The average Bonchev–Trinajstić information content (AvgIpc) is 2.92. The van der Waals surface area contributed by atoms with E-state index in [1.165, 1.54) is 12.1 Å². The van der Waals surface area contributed by atoms with Crippen molar-refractivity contribution >= 4 is 73.7 Å². The first-order valence-electron chi connectivity index (χ1n) is 5.54. The Morgan fingerprint density at radius 2 is 1.68 bits per heavy atom. The predicted molar refractivity (Wildman–Crippen MR) is 88.3 cm³/mol. The zero-order valence-corrected chi connectivity index (χ0v) is 13.8. The molecule has 0 saturated heterocycles. The smallest absolute Gasteiger partial charge is 0.317 e. The maximum absolute atomic E-state index is 12.1. The van der Waals surface area contributed by atoms with Gasteiger partial charge in [-0.05, 0) is 12.1 Å². The van der Waals surface area contributed by atoms with Crippen LogP contribution in [0.5, 0.6) is 0 Å². The van der Waals surface area contributed by atoms with Gasteiger partial charge >= 0.3 is 6.03 Å². The summed E-state index contributed by atoms with van der Waals surface area (Å²) in [6.45, 7) is 0. The van der Waals surface area contributed by atoms with Gasteiger partial charge < -0.3 is 16.8 Å². The summed E-state index contributed by atoms with van der Waals surface area (Å²) in [7, 11) is 0. The second kappa shape index (κ2) is 6.53. The number of amides is 4. The Labute approximate surface area is 142 Å². The van der Waals surface area contributed by atoms with Gasteiger partial charge in [-0.25, -0.2) is 4.79 Å². The summed E-state index contributed by atoms with van der Waals surface area (Å²) in [6, 6.07) is 1.91. The van der Waals surface area contributed by atoms with Gasteiger partial charge in [0.25, 0.3) is 11.8 Å². The minimum Gasteiger partial charge on any atom is -0.366 e. The molecular formula is C11H8Cl2N4O3S2. The number of halogens is 2. The van der Waals surface area contributed by atoms with Gasteiger partial charge in [0.05, 0.1) is 20.5 Å². The molecule has 0 spiro atoms. The van der Waals surface area contributed by atoms with E-state index in [9.17, 15) is 14.4 Å². The standard InChI is InChI=1S/C11H8Cl2N4O3S2/c12-5-1-3(7(13)21-5)9(19)16-6-2-4(8(14)18)10(22-6)17-11(15)20/h1-2H,(H2,14,18)(H,16,19)(H3,15,17,20). The first kappa shape index (κ1) is 16.6. The Morgan fingerprint density at radius 1 is 1.00 bits per heavy atom. The van der Waals surface area contributed by atoms with Gasteiger partial charge in [0.15, 0.2) is 0 Å². The number of thiophene rings is 2. The second-order valence-corrected chi connectivity index (χ2v) is 7.24. The summed E-state index contributed by atoms with van der Waals surface area (Å²) in [4.78, 5) is 34.3. The second-order valence-electron chi connectivity index (χ2n) is 3.90. The molecule has 0 unspecified atom stereocenters. The van der Waals surface area contributed by atoms with Crippen LogP contribution in [0.4, 0.5) is 14.8 Å². The molecule has 0 radical (unpaired) electrons. The number of rotatable bonds is 4. The molecule has 7 nitrogen and oxygen atoms in total. The Balaban J connectivity index is 2.26. The first-order chi connectivity index (χ1) is 10.3. The highest BCUT2D eigenvalue weighted by molar-refractivity contribution is 7.21. The third-order valence-corrected chi connectivity index (χ3v) is 4.83. The lowest BCUT2D eigenvalue weighted by Gasteiger charge is -2.00. The fourth-order valence-corrected chi connectivity index (χ4v) is 3.93. The van der Waals surface area contributed by atoms with E-state index in [0.29, 0.717) is 9.34 Å². The third-order valence-electron chi connectivity index (χ3n) is 2.37. The minimum absolute atomic E-state index is 0.0357. The molecular weight excluding hydrogens is 371 g/mol. The molecule has 0 atom stereocenters. The number of nitrogens with one attached hydrogen (secondary N) is 2. The topological polar surface area (TPSA) is 127 Å². The summed E-state index contributed by atoms with van der Waals surface area (Å²) < 4.78 is 0.611. The molecule has 11 heteroatoms. The van der Waals surface area contributed by atoms with Crippen molar-refractivity contribution in [2.75, 3.05) is 10.6 Å². The molecule has 2 rings (SSSR count). The van der Waals surface area contributed by atoms with Crippen molar-refractivity contribution in [2.45, 2.75) is 0 Å². The van der Waals surface area contributed by atoms with Crippen LogP contribution >= 0.6 is 45.9 Å². The molecule has 116 valence electrons. The monoisotopic (exact) mass is 378 g/mol. The van der Waals surface area contributed by atoms with Crippen LogP contribution in [-0.4, -0.2) is 17.8 Å². The molecule has 0 aromatic carbocycles. The number of hydrogen-bond acceptors (Lipinski definition) is 5. The molecule has 0 saturated carbocycles. The van der Waals surface area contributed by atoms with E-state index in [1.807, 2.05) is 0 Å². The number of carbonyl (C=O) groups excluding carboxylic acids is 3. The molecule has 2 heterocycles. The van der Waals surface area contributed by atoms with E-state index in [0.717, 1.165) is 22.7 Å². The molecule has 6 N–H and O–H groups in total. The van der Waals surface area contributed by atoms with Crippen LogP contribution in [-0.2, 0) is 0 Å². The SMILES string of the molecule is NC(=O)Nc1sc(NC(=O)c2cc(Cl)sc2Cl)cc1C(N)=O. The van der Waals surface area contributed by atoms with Gasteiger partial charge in [0.2, 0.25) is 0 Å². The van der Waals surface area contributed by atoms with E-state index in [4.69, 9.17) is 34.7 Å². The Kier molecular flexibility index (Phi) is 4.91. The number of primary amides is 2. The van der Waals surface area contributed by atoms with Gasteiger partial charge in [0, 0.05) is 0 Å². The predicted octanol–water partition coefficient (Wildman–Crippen LogP) is 2.96. The molecule has 22 heavy (non-hydrogen) atoms. The van der Waals surface area contributed by atoms with E-state index < -0.39 is 17.8 Å². The van der Waals surface area contributed by atoms with Crippen LogP contribution in [0, 0.1) is 0 Å². The highest BCUT2D eigenvalue weighted by Crippen LogP contribution is 2.34. The Hall–Kier alpha value is -1.81. The minimum atomic E-state index is -0.852. The third kappa shape index (κ3) is 3.69. The van der Waals surface area contributed by atoms with Crippen LogP contribution in [0.3, 0.4) is 0 Å². The van der Waals surface area contributed by atoms with Crippen molar-refractivity contribution in [1.82, 2.24) is 0 Å². The van der Waals surface area contributed by atoms with Gasteiger partial charge in [-0.2, -0.15) is 0 Å². The number of nitrogens with two attached hydrogens (primary N) is 2. The quantitative estimate of drug-likeness (QED) is 0.652. The van der Waals surface area contributed by atoms with Crippen LogP contribution in [0.1, 0.15) is 20.7 Å². The fraction of sp³-hybridized carbons (Fsp3) is 0. The van der Waals surface area contributed by atoms with Crippen molar-refractivity contribution in [3.63, 3.8) is 0 Å². The van der Waals surface area contributed by atoms with Gasteiger partial charge in [-0.1, -0.05) is 34.5 Å². The zero-order chi connectivity index (χ0) is 16.4. The molecule has 0 aliphatic carbocycles. The Morgan fingerprint density at radius 3 is 2.18 bits per heavy atom. The van der Waals surface area contributed by atoms with E-state index in [1.54, 1.807) is 0 Å². The van der Waals surface area contributed by atoms with Crippen molar-refractivity contribution < 1.29 is 14.4 Å². The van der Waals surface area contributed by atoms with Gasteiger partial charge in [0.1, 0.15) is 9.34 Å². The molecule has 2 aromatic rings. The molecule has 0 aliphatic rings. The molecule has 0 bridgehead atoms. The summed E-state index contributed by atoms with van der Waals surface area (Å²) in [5.41, 5.74) is 10.4. The lowest BCUT2D eigenvalue weighted by Crippen LogP contribution is -2.21. The molecule has 2 aromatic heterocycles. The lowest BCUT2D eigenvalue weighted by atomic mass is 10.3.